The largest absolute Gasteiger partial charge is 0.455 e. The highest BCUT2D eigenvalue weighted by Crippen LogP contribution is 2.68. The molecule has 0 fully saturated rings. The Kier molecular flexibility index (Phi) is 10.9. The molecule has 106 heavy (non-hydrogen) atoms. The molecule has 0 bridgehead atoms. The van der Waals surface area contributed by atoms with E-state index in [4.69, 9.17) is 7.16 Å². The maximum atomic E-state index is 10.9. The summed E-state index contributed by atoms with van der Waals surface area (Å²) in [7, 11) is 0. The molecule has 0 radical (unpaired) electrons. The van der Waals surface area contributed by atoms with E-state index in [2.05, 4.69) is 135 Å². The van der Waals surface area contributed by atoms with Crippen LogP contribution in [0.2, 0.25) is 0 Å². The van der Waals surface area contributed by atoms with Gasteiger partial charge in [0.2, 0.25) is 0 Å². The molecule has 0 aliphatic carbocycles. The van der Waals surface area contributed by atoms with Gasteiger partial charge < -0.3 is 28.3 Å². The summed E-state index contributed by atoms with van der Waals surface area (Å²) in [5.41, 5.74) is 14.5. The fraction of sp³-hybridized carbons (Fsp3) is 0.0808. The maximum Gasteiger partial charge on any atom is 0.145 e. The van der Waals surface area contributed by atoms with Crippen molar-refractivity contribution < 1.29 is 25.0 Å². The Morgan fingerprint density at radius 2 is 0.802 bits per heavy atom. The Morgan fingerprint density at radius 1 is 0.330 bits per heavy atom. The predicted molar refractivity (Wildman–Crippen MR) is 443 cm³/mol. The van der Waals surface area contributed by atoms with Crippen LogP contribution in [0.15, 0.2) is 332 Å². The van der Waals surface area contributed by atoms with Gasteiger partial charge in [0.15, 0.2) is 0 Å². The van der Waals surface area contributed by atoms with E-state index in [1.807, 2.05) is 158 Å². The van der Waals surface area contributed by atoms with Gasteiger partial charge in [-0.1, -0.05) is 278 Å². The van der Waals surface area contributed by atoms with Crippen LogP contribution >= 0.6 is 0 Å². The molecule has 2 aliphatic rings. The van der Waals surface area contributed by atoms with Gasteiger partial charge in [-0.25, -0.2) is 0 Å². The van der Waals surface area contributed by atoms with Crippen LogP contribution in [-0.4, -0.2) is 9.13 Å². The maximum absolute atomic E-state index is 10.9. The predicted octanol–water partition coefficient (Wildman–Crippen LogP) is 27.6. The third-order valence-corrected chi connectivity index (χ3v) is 20.9. The molecule has 0 spiro atoms. The van der Waals surface area contributed by atoms with Crippen molar-refractivity contribution in [2.75, 3.05) is 14.7 Å². The van der Waals surface area contributed by atoms with Crippen molar-refractivity contribution in [2.45, 2.75) is 52.4 Å². The molecular weight excluding hydrogens is 1290 g/mol. The standard InChI is InChI=1S/C99H72N6O/c1-98(2,3)69-53-68(54-70(56-69)99(4,5)6)67-47-50-86-88(55-67)103-87-51-48-71(101-82-42-23-19-36-75(82)76-37-20-24-43-83(76)101)57-89(87)105(95-79(65-32-15-9-16-33-65)60-81-78-39-22-26-45-92(78)106-97(81)93(95)66-34-17-10-18-35-66)91-59-72(102-84-44-25-21-38-77(84)80-52-62(61-100)46-49-85(80)102)58-90(96(91)103)104(86)94-73(63-28-11-7-12-29-63)40-27-41-74(94)64-30-13-8-14-31-64/h7-60H,1-6H3/i19D,20D,21D,23D,24D,25D,36D,37D,38D,42D,43D,44D,46D,49D,52D. The van der Waals surface area contributed by atoms with Crippen LogP contribution in [0.4, 0.5) is 51.2 Å². The summed E-state index contributed by atoms with van der Waals surface area (Å²) in [6, 6.07) is 72.3. The normalized spacial score (nSPS) is 14.7. The third kappa shape index (κ3) is 9.71. The molecule has 0 unspecified atom stereocenters. The van der Waals surface area contributed by atoms with Crippen LogP contribution in [0.3, 0.4) is 0 Å². The first-order valence-corrected chi connectivity index (χ1v) is 35.4. The second kappa shape index (κ2) is 23.8. The van der Waals surface area contributed by atoms with Gasteiger partial charge in [-0.3, -0.25) is 0 Å². The van der Waals surface area contributed by atoms with E-state index in [1.165, 1.54) is 9.13 Å². The van der Waals surface area contributed by atoms with Gasteiger partial charge in [-0.05, 0) is 146 Å². The van der Waals surface area contributed by atoms with E-state index in [0.717, 1.165) is 60.8 Å². The average Bonchev–Trinajstić information content (AvgIpc) is 1.68. The van der Waals surface area contributed by atoms with E-state index in [9.17, 15) is 23.1 Å². The molecule has 5 heterocycles. The zero-order valence-electron chi connectivity index (χ0n) is 73.6. The lowest BCUT2D eigenvalue weighted by atomic mass is 9.79. The van der Waals surface area contributed by atoms with Gasteiger partial charge in [0.05, 0.1) is 111 Å². The fourth-order valence-corrected chi connectivity index (χ4v) is 15.9. The van der Waals surface area contributed by atoms with E-state index in [1.54, 1.807) is 6.07 Å². The minimum Gasteiger partial charge on any atom is -0.455 e. The SMILES string of the molecule is [2H]c1c([2H])c([2H])c2c(c1[2H])c1c([2H])c([2H])c([2H])c([2H])c1n2-c1ccc2c(c1)N(c1c(-c3ccccc3)cc3c(oc4ccccc43)c1-c1ccccc1)c1cc(-n3c4c([2H])c([2H])c([2H])c([2H])c4c4c([2H])c(C#N)c([2H])c([2H])c43)cc3c1N2c1cc(-c2cc(C(C)(C)C)cc(C(C)(C)C)c2)ccc1N3c1c(-c2ccccc2)cccc1-c1ccccc1. The van der Waals surface area contributed by atoms with Crippen molar-refractivity contribution >= 4 is 117 Å². The molecule has 504 valence electrons. The highest BCUT2D eigenvalue weighted by molar-refractivity contribution is 6.22. The highest BCUT2D eigenvalue weighted by Gasteiger charge is 2.44. The molecule has 18 aromatic rings. The summed E-state index contributed by atoms with van der Waals surface area (Å²) in [4.78, 5) is 6.57. The topological polar surface area (TPSA) is 56.5 Å². The molecule has 0 N–H and O–H groups in total. The van der Waals surface area contributed by atoms with Crippen LogP contribution in [0.1, 0.15) is 78.8 Å². The monoisotopic (exact) mass is 1380 g/mol. The molecule has 7 nitrogen and oxygen atoms in total. The highest BCUT2D eigenvalue weighted by atomic mass is 16.3. The van der Waals surface area contributed by atoms with Crippen LogP contribution < -0.4 is 14.7 Å². The summed E-state index contributed by atoms with van der Waals surface area (Å²) < 4.78 is 156. The van der Waals surface area contributed by atoms with Crippen molar-refractivity contribution in [1.82, 2.24) is 9.13 Å². The second-order valence-electron chi connectivity index (χ2n) is 29.2. The number of benzene rings is 15. The molecule has 20 rings (SSSR count). The summed E-state index contributed by atoms with van der Waals surface area (Å²) in [5, 5.41) is 11.9. The molecule has 0 saturated heterocycles. The minimum atomic E-state index is -0.629. The van der Waals surface area contributed by atoms with Crippen molar-refractivity contribution in [1.29, 1.82) is 5.26 Å². The van der Waals surface area contributed by atoms with E-state index >= 15 is 0 Å². The van der Waals surface area contributed by atoms with Crippen molar-refractivity contribution in [2.24, 2.45) is 0 Å². The summed E-state index contributed by atoms with van der Waals surface area (Å²) >= 11 is 0. The Bertz CT molecular complexity index is 7470. The minimum absolute atomic E-state index is 0.120. The molecule has 0 atom stereocenters. The number of hydrogen-bond acceptors (Lipinski definition) is 5. The van der Waals surface area contributed by atoms with Gasteiger partial charge in [0.1, 0.15) is 11.2 Å². The number of rotatable bonds is 9. The summed E-state index contributed by atoms with van der Waals surface area (Å²) in [6.45, 7) is 13.2. The molecular formula is C99H72N6O. The molecule has 7 heteroatoms. The smallest absolute Gasteiger partial charge is 0.145 e. The molecule has 0 amide bonds. The van der Waals surface area contributed by atoms with Crippen LogP contribution in [0, 0.1) is 11.3 Å². The van der Waals surface area contributed by atoms with Crippen LogP contribution in [-0.2, 0) is 10.8 Å². The fourth-order valence-electron chi connectivity index (χ4n) is 15.9. The lowest BCUT2D eigenvalue weighted by Crippen LogP contribution is -2.31. The first kappa shape index (κ1) is 48.5. The Balaban J connectivity index is 1.06. The first-order chi connectivity index (χ1) is 58.1. The van der Waals surface area contributed by atoms with E-state index < -0.39 is 96.2 Å². The van der Waals surface area contributed by atoms with Gasteiger partial charge in [-0.2, -0.15) is 5.26 Å². The third-order valence-electron chi connectivity index (χ3n) is 20.9. The lowest BCUT2D eigenvalue weighted by Gasteiger charge is -2.48. The number of aromatic nitrogens is 2. The van der Waals surface area contributed by atoms with Gasteiger partial charge >= 0.3 is 0 Å². The number of hydrogen-bond donors (Lipinski definition) is 0. The van der Waals surface area contributed by atoms with Gasteiger partial charge in [0, 0.05) is 60.3 Å². The number of nitriles is 1. The number of nitrogens with zero attached hydrogens (tertiary/aromatic N) is 6. The molecule has 15 aromatic carbocycles. The Hall–Kier alpha value is -13.4. The second-order valence-corrected chi connectivity index (χ2v) is 29.2. The quantitative estimate of drug-likeness (QED) is 0.144. The number of anilines is 9. The average molecular weight is 1380 g/mol. The number of para-hydroxylation sites is 5. The first-order valence-electron chi connectivity index (χ1n) is 42.9. The molecule has 3 aromatic heterocycles. The Labute approximate surface area is 637 Å². The zero-order chi connectivity index (χ0) is 84.3. The summed E-state index contributed by atoms with van der Waals surface area (Å²) in [5.74, 6) is 0. The van der Waals surface area contributed by atoms with Gasteiger partial charge in [0.25, 0.3) is 0 Å². The molecule has 0 saturated carbocycles. The van der Waals surface area contributed by atoms with Gasteiger partial charge in [-0.15, -0.1) is 0 Å². The van der Waals surface area contributed by atoms with Crippen molar-refractivity contribution in [3.05, 3.63) is 344 Å². The van der Waals surface area contributed by atoms with E-state index in [0.29, 0.717) is 79.0 Å². The van der Waals surface area contributed by atoms with Crippen molar-refractivity contribution in [3.8, 4) is 73.1 Å². The van der Waals surface area contributed by atoms with E-state index in [-0.39, 0.29) is 65.8 Å². The lowest BCUT2D eigenvalue weighted by molar-refractivity contribution is 0.569. The number of furan rings is 1. The number of fused-ring (bicyclic) bond motifs is 13. The zero-order valence-corrected chi connectivity index (χ0v) is 58.6. The van der Waals surface area contributed by atoms with Crippen LogP contribution in [0.25, 0.3) is 133 Å². The summed E-state index contributed by atoms with van der Waals surface area (Å²) in [6.07, 6.45) is 0. The van der Waals surface area contributed by atoms with Crippen molar-refractivity contribution in [3.63, 3.8) is 0 Å². The van der Waals surface area contributed by atoms with Crippen LogP contribution in [0.5, 0.6) is 0 Å². The Morgan fingerprint density at radius 3 is 1.38 bits per heavy atom. The molecule has 2 aliphatic heterocycles.